The summed E-state index contributed by atoms with van der Waals surface area (Å²) in [6.45, 7) is 5.68. The Bertz CT molecular complexity index is 1080. The molecule has 0 atom stereocenters. The minimum Gasteiger partial charge on any atom is -0.350 e. The molecular formula is C27H25N3O. The molecule has 4 nitrogen and oxygen atoms in total. The van der Waals surface area contributed by atoms with Crippen LogP contribution >= 0.6 is 0 Å². The molecule has 0 radical (unpaired) electrons. The average molecular weight is 408 g/mol. The van der Waals surface area contributed by atoms with Gasteiger partial charge in [-0.15, -0.1) is 0 Å². The third-order valence-electron chi connectivity index (χ3n) is 6.07. The van der Waals surface area contributed by atoms with Crippen LogP contribution in [0.4, 0.5) is 5.69 Å². The molecule has 154 valence electrons. The second-order valence-corrected chi connectivity index (χ2v) is 7.98. The fourth-order valence-electron chi connectivity index (χ4n) is 4.44. The Labute approximate surface area is 183 Å². The summed E-state index contributed by atoms with van der Waals surface area (Å²) < 4.78 is 0. The molecule has 1 fully saturated rings. The van der Waals surface area contributed by atoms with Crippen molar-refractivity contribution in [1.82, 2.24) is 10.2 Å². The minimum atomic E-state index is -0.972. The van der Waals surface area contributed by atoms with Crippen molar-refractivity contribution in [3.05, 3.63) is 126 Å². The van der Waals surface area contributed by atoms with Gasteiger partial charge >= 0.3 is 0 Å². The van der Waals surface area contributed by atoms with Gasteiger partial charge in [-0.2, -0.15) is 0 Å². The molecule has 1 N–H and O–H groups in total. The van der Waals surface area contributed by atoms with Gasteiger partial charge in [0.05, 0.1) is 6.54 Å². The molecule has 0 unspecified atom stereocenters. The molecule has 31 heavy (non-hydrogen) atoms. The first-order valence-corrected chi connectivity index (χ1v) is 10.6. The maximum Gasteiger partial charge on any atom is 0.263 e. The Hall–Kier alpha value is -3.79. The summed E-state index contributed by atoms with van der Waals surface area (Å²) in [5, 5.41) is 3.44. The van der Waals surface area contributed by atoms with Crippen LogP contribution in [-0.2, 0) is 16.9 Å². The second kappa shape index (κ2) is 7.80. The quantitative estimate of drug-likeness (QED) is 0.663. The van der Waals surface area contributed by atoms with E-state index < -0.39 is 5.54 Å². The van der Waals surface area contributed by atoms with Gasteiger partial charge < -0.3 is 10.2 Å². The predicted octanol–water partition coefficient (Wildman–Crippen LogP) is 4.76. The van der Waals surface area contributed by atoms with Gasteiger partial charge in [0.15, 0.2) is 5.54 Å². The molecule has 3 aromatic carbocycles. The zero-order valence-corrected chi connectivity index (χ0v) is 17.4. The standard InChI is InChI=1S/C27H25N3O/c1-21-28-27(23-10-4-2-5-11-23,24-12-6-3-7-13-24)26(31)30(21)20-22-14-16-25(17-15-22)29-18-8-9-19-29/h2-8,10-18,28H,1,9,19-20H2. The van der Waals surface area contributed by atoms with Crippen molar-refractivity contribution in [1.29, 1.82) is 0 Å². The first-order chi connectivity index (χ1) is 15.2. The fraction of sp³-hybridized carbons (Fsp3) is 0.148. The number of nitrogens with one attached hydrogen (secondary N) is 1. The van der Waals surface area contributed by atoms with Crippen molar-refractivity contribution in [3.8, 4) is 0 Å². The lowest BCUT2D eigenvalue weighted by Crippen LogP contribution is -2.44. The van der Waals surface area contributed by atoms with Crippen LogP contribution in [0.3, 0.4) is 0 Å². The van der Waals surface area contributed by atoms with E-state index in [0.717, 1.165) is 29.7 Å². The Morgan fingerprint density at radius 3 is 2.03 bits per heavy atom. The minimum absolute atomic E-state index is 0.0125. The zero-order chi connectivity index (χ0) is 21.3. The molecule has 0 spiro atoms. The van der Waals surface area contributed by atoms with Gasteiger partial charge in [0.1, 0.15) is 5.82 Å². The first kappa shape index (κ1) is 19.2. The van der Waals surface area contributed by atoms with Crippen LogP contribution in [0.25, 0.3) is 0 Å². The molecule has 2 aliphatic heterocycles. The second-order valence-electron chi connectivity index (χ2n) is 7.98. The van der Waals surface area contributed by atoms with Crippen LogP contribution in [-0.4, -0.2) is 17.4 Å². The van der Waals surface area contributed by atoms with Crippen molar-refractivity contribution >= 4 is 11.6 Å². The molecule has 2 heterocycles. The van der Waals surface area contributed by atoms with Crippen LogP contribution in [0.2, 0.25) is 0 Å². The highest BCUT2D eigenvalue weighted by molar-refractivity contribution is 5.95. The summed E-state index contributed by atoms with van der Waals surface area (Å²) in [5.74, 6) is 0.603. The number of rotatable bonds is 5. The van der Waals surface area contributed by atoms with Gasteiger partial charge in [-0.1, -0.05) is 85.5 Å². The Morgan fingerprint density at radius 1 is 0.871 bits per heavy atom. The number of benzene rings is 3. The van der Waals surface area contributed by atoms with Gasteiger partial charge in [-0.25, -0.2) is 0 Å². The lowest BCUT2D eigenvalue weighted by Gasteiger charge is -2.28. The van der Waals surface area contributed by atoms with Gasteiger partial charge in [-0.05, 0) is 35.2 Å². The summed E-state index contributed by atoms with van der Waals surface area (Å²) in [7, 11) is 0. The molecule has 2 aliphatic rings. The predicted molar refractivity (Wildman–Crippen MR) is 124 cm³/mol. The van der Waals surface area contributed by atoms with E-state index in [1.54, 1.807) is 4.90 Å². The van der Waals surface area contributed by atoms with E-state index in [9.17, 15) is 4.79 Å². The third kappa shape index (κ3) is 3.30. The van der Waals surface area contributed by atoms with Crippen LogP contribution in [0, 0.1) is 0 Å². The van der Waals surface area contributed by atoms with E-state index in [1.165, 1.54) is 5.69 Å². The monoisotopic (exact) mass is 407 g/mol. The summed E-state index contributed by atoms with van der Waals surface area (Å²) in [6, 6.07) is 28.2. The molecule has 5 rings (SSSR count). The highest BCUT2D eigenvalue weighted by Gasteiger charge is 2.51. The van der Waals surface area contributed by atoms with Crippen LogP contribution in [0.1, 0.15) is 23.1 Å². The maximum absolute atomic E-state index is 13.9. The van der Waals surface area contributed by atoms with Gasteiger partial charge in [0, 0.05) is 18.4 Å². The summed E-state index contributed by atoms with van der Waals surface area (Å²) in [6.07, 6.45) is 5.38. The topological polar surface area (TPSA) is 35.6 Å². The number of carbonyl (C=O) groups excluding carboxylic acids is 1. The number of anilines is 1. The molecular weight excluding hydrogens is 382 g/mol. The van der Waals surface area contributed by atoms with E-state index in [0.29, 0.717) is 12.4 Å². The van der Waals surface area contributed by atoms with Gasteiger partial charge in [0.25, 0.3) is 5.91 Å². The maximum atomic E-state index is 13.9. The Balaban J connectivity index is 1.47. The van der Waals surface area contributed by atoms with Crippen LogP contribution < -0.4 is 10.2 Å². The van der Waals surface area contributed by atoms with Gasteiger partial charge in [0.2, 0.25) is 0 Å². The van der Waals surface area contributed by atoms with E-state index >= 15 is 0 Å². The zero-order valence-electron chi connectivity index (χ0n) is 17.4. The van der Waals surface area contributed by atoms with E-state index in [4.69, 9.17) is 0 Å². The summed E-state index contributed by atoms with van der Waals surface area (Å²) in [5.41, 5.74) is 3.09. The molecule has 3 aromatic rings. The normalized spacial score (nSPS) is 17.3. The number of hydrogen-bond donors (Lipinski definition) is 1. The molecule has 0 saturated carbocycles. The number of amides is 1. The smallest absolute Gasteiger partial charge is 0.263 e. The molecule has 1 amide bonds. The summed E-state index contributed by atoms with van der Waals surface area (Å²) >= 11 is 0. The van der Waals surface area contributed by atoms with E-state index in [2.05, 4.69) is 53.3 Å². The third-order valence-corrected chi connectivity index (χ3v) is 6.07. The highest BCUT2D eigenvalue weighted by atomic mass is 16.2. The van der Waals surface area contributed by atoms with E-state index in [-0.39, 0.29) is 5.91 Å². The molecule has 4 heteroatoms. The van der Waals surface area contributed by atoms with Gasteiger partial charge in [-0.3, -0.25) is 9.69 Å². The summed E-state index contributed by atoms with van der Waals surface area (Å²) in [4.78, 5) is 17.9. The van der Waals surface area contributed by atoms with Crippen molar-refractivity contribution in [3.63, 3.8) is 0 Å². The SMILES string of the molecule is C=C1NC(c2ccccc2)(c2ccccc2)C(=O)N1Cc1ccc(N2C=CCC2)cc1. The number of nitrogens with zero attached hydrogens (tertiary/aromatic N) is 2. The number of hydrogen-bond acceptors (Lipinski definition) is 3. The molecule has 1 saturated heterocycles. The van der Waals surface area contributed by atoms with Crippen molar-refractivity contribution < 1.29 is 4.79 Å². The lowest BCUT2D eigenvalue weighted by molar-refractivity contribution is -0.131. The number of carbonyl (C=O) groups is 1. The van der Waals surface area contributed by atoms with Crippen LogP contribution in [0.15, 0.2) is 110 Å². The van der Waals surface area contributed by atoms with Crippen molar-refractivity contribution in [2.45, 2.75) is 18.5 Å². The van der Waals surface area contributed by atoms with Crippen molar-refractivity contribution in [2.24, 2.45) is 0 Å². The van der Waals surface area contributed by atoms with Crippen LogP contribution in [0.5, 0.6) is 0 Å². The molecule has 0 aliphatic carbocycles. The van der Waals surface area contributed by atoms with Crippen molar-refractivity contribution in [2.75, 3.05) is 11.4 Å². The Kier molecular flexibility index (Phi) is 4.83. The average Bonchev–Trinajstić information content (AvgIpc) is 3.44. The molecule has 0 bridgehead atoms. The first-order valence-electron chi connectivity index (χ1n) is 10.6. The highest BCUT2D eigenvalue weighted by Crippen LogP contribution is 2.38. The molecule has 0 aromatic heterocycles. The lowest BCUT2D eigenvalue weighted by atomic mass is 9.82. The fourth-order valence-corrected chi connectivity index (χ4v) is 4.44. The Morgan fingerprint density at radius 2 is 1.48 bits per heavy atom. The van der Waals surface area contributed by atoms with E-state index in [1.807, 2.05) is 60.7 Å². The largest absolute Gasteiger partial charge is 0.350 e.